The van der Waals surface area contributed by atoms with Gasteiger partial charge in [0.15, 0.2) is 0 Å². The Morgan fingerprint density at radius 3 is 2.91 bits per heavy atom. The number of aromatic nitrogens is 2. The zero-order valence-corrected chi connectivity index (χ0v) is 13.3. The summed E-state index contributed by atoms with van der Waals surface area (Å²) < 4.78 is 4.93. The molecule has 1 aliphatic rings. The van der Waals surface area contributed by atoms with Crippen molar-refractivity contribution in [2.75, 3.05) is 27.3 Å². The molecule has 0 N–H and O–H groups in total. The molecule has 0 aromatic carbocycles. The predicted molar refractivity (Wildman–Crippen MR) is 79.7 cm³/mol. The van der Waals surface area contributed by atoms with E-state index in [-0.39, 0.29) is 24.5 Å². The van der Waals surface area contributed by atoms with E-state index in [9.17, 15) is 9.59 Å². The third-order valence-corrected chi connectivity index (χ3v) is 3.82. The lowest BCUT2D eigenvalue weighted by atomic mass is 10.1. The molecule has 1 aliphatic heterocycles. The van der Waals surface area contributed by atoms with Crippen LogP contribution in [0.25, 0.3) is 0 Å². The molecule has 0 radical (unpaired) electrons. The molecule has 1 saturated heterocycles. The lowest BCUT2D eigenvalue weighted by Gasteiger charge is -2.24. The SMILES string of the molecule is COCC(=O)N1CCCC1c1cncc(CN(C)C(C)=O)n1. The first kappa shape index (κ1) is 16.4. The molecule has 7 nitrogen and oxygen atoms in total. The number of hydrogen-bond donors (Lipinski definition) is 0. The molecule has 0 aliphatic carbocycles. The first-order valence-corrected chi connectivity index (χ1v) is 7.34. The van der Waals surface area contributed by atoms with E-state index >= 15 is 0 Å². The van der Waals surface area contributed by atoms with Gasteiger partial charge in [-0.25, -0.2) is 0 Å². The Morgan fingerprint density at radius 2 is 2.23 bits per heavy atom. The van der Waals surface area contributed by atoms with Crippen LogP contribution in [-0.4, -0.2) is 58.9 Å². The minimum Gasteiger partial charge on any atom is -0.375 e. The molecule has 1 atom stereocenters. The number of ether oxygens (including phenoxy) is 1. The van der Waals surface area contributed by atoms with Gasteiger partial charge < -0.3 is 14.5 Å². The standard InChI is InChI=1S/C15H22N4O3/c1-11(20)18(2)9-12-7-16-8-13(17-12)14-5-4-6-19(14)15(21)10-22-3/h7-8,14H,4-6,9-10H2,1-3H3. The molecule has 2 rings (SSSR count). The Balaban J connectivity index is 2.14. The van der Waals surface area contributed by atoms with E-state index < -0.39 is 0 Å². The van der Waals surface area contributed by atoms with Crippen molar-refractivity contribution < 1.29 is 14.3 Å². The highest BCUT2D eigenvalue weighted by Crippen LogP contribution is 2.30. The smallest absolute Gasteiger partial charge is 0.249 e. The van der Waals surface area contributed by atoms with Crippen LogP contribution < -0.4 is 0 Å². The summed E-state index contributed by atoms with van der Waals surface area (Å²) in [4.78, 5) is 35.6. The molecule has 22 heavy (non-hydrogen) atoms. The lowest BCUT2D eigenvalue weighted by molar-refractivity contribution is -0.136. The Hall–Kier alpha value is -2.02. The van der Waals surface area contributed by atoms with Crippen LogP contribution in [0, 0.1) is 0 Å². The first-order valence-electron chi connectivity index (χ1n) is 7.34. The zero-order chi connectivity index (χ0) is 16.1. The van der Waals surface area contributed by atoms with Crippen molar-refractivity contribution in [3.8, 4) is 0 Å². The second-order valence-corrected chi connectivity index (χ2v) is 5.49. The quantitative estimate of drug-likeness (QED) is 0.803. The molecular weight excluding hydrogens is 284 g/mol. The van der Waals surface area contributed by atoms with Crippen molar-refractivity contribution in [2.24, 2.45) is 0 Å². The summed E-state index contributed by atoms with van der Waals surface area (Å²) >= 11 is 0. The second kappa shape index (κ2) is 7.31. The van der Waals surface area contributed by atoms with Gasteiger partial charge in [-0.3, -0.25) is 19.6 Å². The Morgan fingerprint density at radius 1 is 1.45 bits per heavy atom. The number of rotatable bonds is 5. The van der Waals surface area contributed by atoms with Crippen molar-refractivity contribution in [2.45, 2.75) is 32.4 Å². The maximum Gasteiger partial charge on any atom is 0.249 e. The molecule has 2 amide bonds. The number of carbonyl (C=O) groups excluding carboxylic acids is 2. The molecule has 2 heterocycles. The first-order chi connectivity index (χ1) is 10.5. The minimum atomic E-state index is -0.0577. The zero-order valence-electron chi connectivity index (χ0n) is 13.3. The maximum absolute atomic E-state index is 12.1. The van der Waals surface area contributed by atoms with Crippen LogP contribution in [0.3, 0.4) is 0 Å². The lowest BCUT2D eigenvalue weighted by Crippen LogP contribution is -2.34. The van der Waals surface area contributed by atoms with Crippen LogP contribution in [0.1, 0.15) is 37.2 Å². The van der Waals surface area contributed by atoms with Crippen molar-refractivity contribution in [3.05, 3.63) is 23.8 Å². The van der Waals surface area contributed by atoms with Crippen LogP contribution in [0.15, 0.2) is 12.4 Å². The normalized spacial score (nSPS) is 17.6. The second-order valence-electron chi connectivity index (χ2n) is 5.49. The van der Waals surface area contributed by atoms with Gasteiger partial charge in [0.05, 0.1) is 36.4 Å². The van der Waals surface area contributed by atoms with Crippen LogP contribution >= 0.6 is 0 Å². The van der Waals surface area contributed by atoms with Crippen LogP contribution in [0.2, 0.25) is 0 Å². The van der Waals surface area contributed by atoms with Crippen molar-refractivity contribution in [3.63, 3.8) is 0 Å². The Bertz CT molecular complexity index is 549. The predicted octanol–water partition coefficient (Wildman–Crippen LogP) is 0.765. The number of carbonyl (C=O) groups is 2. The molecule has 1 fully saturated rings. The molecular formula is C15H22N4O3. The number of nitrogens with zero attached hydrogens (tertiary/aromatic N) is 4. The van der Waals surface area contributed by atoms with Gasteiger partial charge in [-0.2, -0.15) is 0 Å². The van der Waals surface area contributed by atoms with Gasteiger partial charge >= 0.3 is 0 Å². The van der Waals surface area contributed by atoms with Crippen molar-refractivity contribution in [1.29, 1.82) is 0 Å². The molecule has 0 bridgehead atoms. The van der Waals surface area contributed by atoms with E-state index in [1.54, 1.807) is 29.2 Å². The Labute approximate surface area is 130 Å². The van der Waals surface area contributed by atoms with E-state index in [4.69, 9.17) is 4.74 Å². The fourth-order valence-electron chi connectivity index (χ4n) is 2.59. The average molecular weight is 306 g/mol. The van der Waals surface area contributed by atoms with E-state index in [0.29, 0.717) is 13.1 Å². The summed E-state index contributed by atoms with van der Waals surface area (Å²) in [6.07, 6.45) is 5.16. The van der Waals surface area contributed by atoms with Gasteiger partial charge in [-0.15, -0.1) is 0 Å². The van der Waals surface area contributed by atoms with Gasteiger partial charge in [0.2, 0.25) is 11.8 Å². The van der Waals surface area contributed by atoms with E-state index in [2.05, 4.69) is 9.97 Å². The fourth-order valence-corrected chi connectivity index (χ4v) is 2.59. The summed E-state index contributed by atoms with van der Waals surface area (Å²) in [6, 6.07) is -0.0577. The third kappa shape index (κ3) is 3.79. The highest BCUT2D eigenvalue weighted by molar-refractivity contribution is 5.78. The highest BCUT2D eigenvalue weighted by Gasteiger charge is 2.31. The molecule has 1 unspecified atom stereocenters. The molecule has 120 valence electrons. The van der Waals surface area contributed by atoms with E-state index in [1.165, 1.54) is 14.0 Å². The third-order valence-electron chi connectivity index (χ3n) is 3.82. The molecule has 7 heteroatoms. The Kier molecular flexibility index (Phi) is 5.43. The summed E-state index contributed by atoms with van der Waals surface area (Å²) in [5.41, 5.74) is 1.50. The average Bonchev–Trinajstić information content (AvgIpc) is 2.97. The van der Waals surface area contributed by atoms with Crippen molar-refractivity contribution in [1.82, 2.24) is 19.8 Å². The van der Waals surface area contributed by atoms with Crippen molar-refractivity contribution >= 4 is 11.8 Å². The molecule has 1 aromatic rings. The summed E-state index contributed by atoms with van der Waals surface area (Å²) in [5, 5.41) is 0. The molecule has 0 spiro atoms. The molecule has 1 aromatic heterocycles. The monoisotopic (exact) mass is 306 g/mol. The topological polar surface area (TPSA) is 75.6 Å². The number of methoxy groups -OCH3 is 1. The largest absolute Gasteiger partial charge is 0.375 e. The van der Waals surface area contributed by atoms with Gasteiger partial charge in [-0.05, 0) is 12.8 Å². The molecule has 0 saturated carbocycles. The number of amides is 2. The number of hydrogen-bond acceptors (Lipinski definition) is 5. The van der Waals surface area contributed by atoms with Crippen LogP contribution in [0.4, 0.5) is 0 Å². The summed E-state index contributed by atoms with van der Waals surface area (Å²) in [7, 11) is 3.24. The van der Waals surface area contributed by atoms with Gasteiger partial charge in [-0.1, -0.05) is 0 Å². The van der Waals surface area contributed by atoms with Gasteiger partial charge in [0.25, 0.3) is 0 Å². The van der Waals surface area contributed by atoms with Gasteiger partial charge in [0, 0.05) is 27.6 Å². The fraction of sp³-hybridized carbons (Fsp3) is 0.600. The maximum atomic E-state index is 12.1. The minimum absolute atomic E-state index is 0.0232. The van der Waals surface area contributed by atoms with Gasteiger partial charge in [0.1, 0.15) is 6.61 Å². The van der Waals surface area contributed by atoms with E-state index in [1.807, 2.05) is 0 Å². The summed E-state index contributed by atoms with van der Waals surface area (Å²) in [6.45, 7) is 2.72. The highest BCUT2D eigenvalue weighted by atomic mass is 16.5. The van der Waals surface area contributed by atoms with Crippen LogP contribution in [-0.2, 0) is 20.9 Å². The van der Waals surface area contributed by atoms with E-state index in [0.717, 1.165) is 24.2 Å². The van der Waals surface area contributed by atoms with Crippen LogP contribution in [0.5, 0.6) is 0 Å². The summed E-state index contributed by atoms with van der Waals surface area (Å²) in [5.74, 6) is -0.0528. The number of likely N-dealkylation sites (tertiary alicyclic amines) is 1.